The second-order valence-corrected chi connectivity index (χ2v) is 7.10. The van der Waals surface area contributed by atoms with Crippen LogP contribution in [0.3, 0.4) is 0 Å². The Bertz CT molecular complexity index is 911. The molecule has 2 aromatic heterocycles. The first-order chi connectivity index (χ1) is 13.8. The Morgan fingerprint density at radius 3 is 2.82 bits per heavy atom. The number of fused-ring (bicyclic) bond motifs is 1. The number of nitrogens with zero attached hydrogens (tertiary/aromatic N) is 3. The molecule has 1 fully saturated rings. The van der Waals surface area contributed by atoms with Gasteiger partial charge in [0.1, 0.15) is 5.76 Å². The van der Waals surface area contributed by atoms with E-state index in [1.54, 1.807) is 13.4 Å². The molecule has 28 heavy (non-hydrogen) atoms. The van der Waals surface area contributed by atoms with Crippen molar-refractivity contribution in [3.63, 3.8) is 0 Å². The number of aromatic nitrogens is 2. The number of rotatable bonds is 7. The summed E-state index contributed by atoms with van der Waals surface area (Å²) >= 11 is 0. The number of benzene rings is 1. The predicted octanol–water partition coefficient (Wildman–Crippen LogP) is 2.81. The van der Waals surface area contributed by atoms with Crippen molar-refractivity contribution < 1.29 is 13.9 Å². The van der Waals surface area contributed by atoms with Crippen molar-refractivity contribution in [1.29, 1.82) is 0 Å². The number of amides is 1. The molecule has 7 nitrogen and oxygen atoms in total. The van der Waals surface area contributed by atoms with E-state index in [9.17, 15) is 4.79 Å². The van der Waals surface area contributed by atoms with Crippen LogP contribution in [0.15, 0.2) is 47.1 Å². The number of nitrogens with one attached hydrogen (secondary N) is 1. The Morgan fingerprint density at radius 2 is 2.07 bits per heavy atom. The van der Waals surface area contributed by atoms with Crippen molar-refractivity contribution in [2.75, 3.05) is 31.7 Å². The Hall–Kier alpha value is -2.80. The zero-order chi connectivity index (χ0) is 19.3. The number of para-hydroxylation sites is 2. The zero-order valence-corrected chi connectivity index (χ0v) is 16.1. The Morgan fingerprint density at radius 1 is 1.25 bits per heavy atom. The van der Waals surface area contributed by atoms with E-state index in [2.05, 4.69) is 20.9 Å². The Labute approximate surface area is 164 Å². The number of piperidine rings is 1. The van der Waals surface area contributed by atoms with E-state index in [4.69, 9.17) is 14.1 Å². The topological polar surface area (TPSA) is 72.5 Å². The molecule has 1 saturated heterocycles. The van der Waals surface area contributed by atoms with E-state index in [1.165, 1.54) is 0 Å². The van der Waals surface area contributed by atoms with Crippen LogP contribution in [-0.2, 0) is 22.6 Å². The van der Waals surface area contributed by atoms with Gasteiger partial charge >= 0.3 is 0 Å². The standard InChI is InChI=1S/C21H26N4O3/c1-27-14-12-25-19-7-3-2-6-18(19)23-21(25)24-10-8-16(9-11-24)20(26)22-15-17-5-4-13-28-17/h2-7,13,16H,8-12,14-15H2,1H3,(H,22,26). The lowest BCUT2D eigenvalue weighted by molar-refractivity contribution is -0.125. The molecule has 1 aliphatic rings. The molecule has 0 atom stereocenters. The summed E-state index contributed by atoms with van der Waals surface area (Å²) in [6, 6.07) is 11.9. The molecule has 3 aromatic rings. The van der Waals surface area contributed by atoms with Crippen LogP contribution in [0.5, 0.6) is 0 Å². The van der Waals surface area contributed by atoms with Crippen molar-refractivity contribution in [3.05, 3.63) is 48.4 Å². The molecule has 0 unspecified atom stereocenters. The fourth-order valence-corrected chi connectivity index (χ4v) is 3.78. The number of hydrogen-bond acceptors (Lipinski definition) is 5. The Kier molecular flexibility index (Phi) is 5.62. The van der Waals surface area contributed by atoms with E-state index in [1.807, 2.05) is 30.3 Å². The van der Waals surface area contributed by atoms with Gasteiger partial charge < -0.3 is 23.9 Å². The van der Waals surface area contributed by atoms with Gasteiger partial charge in [0.05, 0.1) is 30.4 Å². The maximum Gasteiger partial charge on any atom is 0.223 e. The molecule has 1 amide bonds. The van der Waals surface area contributed by atoms with Gasteiger partial charge in [-0.1, -0.05) is 12.1 Å². The molecule has 0 saturated carbocycles. The molecule has 3 heterocycles. The monoisotopic (exact) mass is 382 g/mol. The quantitative estimate of drug-likeness (QED) is 0.680. The van der Waals surface area contributed by atoms with Crippen LogP contribution in [-0.4, -0.2) is 42.3 Å². The number of carbonyl (C=O) groups is 1. The predicted molar refractivity (Wildman–Crippen MR) is 107 cm³/mol. The second kappa shape index (κ2) is 8.48. The summed E-state index contributed by atoms with van der Waals surface area (Å²) < 4.78 is 12.8. The molecule has 148 valence electrons. The fraction of sp³-hybridized carbons (Fsp3) is 0.429. The van der Waals surface area contributed by atoms with Crippen LogP contribution in [0.25, 0.3) is 11.0 Å². The van der Waals surface area contributed by atoms with Crippen LogP contribution in [0.4, 0.5) is 5.95 Å². The van der Waals surface area contributed by atoms with Gasteiger partial charge in [-0.2, -0.15) is 0 Å². The molecular weight excluding hydrogens is 356 g/mol. The van der Waals surface area contributed by atoms with Crippen molar-refractivity contribution in [1.82, 2.24) is 14.9 Å². The van der Waals surface area contributed by atoms with E-state index in [0.717, 1.165) is 55.2 Å². The average molecular weight is 382 g/mol. The highest BCUT2D eigenvalue weighted by atomic mass is 16.5. The summed E-state index contributed by atoms with van der Waals surface area (Å²) in [5.74, 6) is 1.87. The summed E-state index contributed by atoms with van der Waals surface area (Å²) in [4.78, 5) is 19.6. The van der Waals surface area contributed by atoms with Crippen molar-refractivity contribution in [2.45, 2.75) is 25.9 Å². The van der Waals surface area contributed by atoms with Gasteiger partial charge in [-0.3, -0.25) is 4.79 Å². The minimum absolute atomic E-state index is 0.0306. The van der Waals surface area contributed by atoms with Gasteiger partial charge in [0.2, 0.25) is 11.9 Å². The van der Waals surface area contributed by atoms with Gasteiger partial charge in [-0.15, -0.1) is 0 Å². The lowest BCUT2D eigenvalue weighted by Crippen LogP contribution is -2.41. The van der Waals surface area contributed by atoms with Crippen molar-refractivity contribution in [3.8, 4) is 0 Å². The summed E-state index contributed by atoms with van der Waals surface area (Å²) in [7, 11) is 1.71. The van der Waals surface area contributed by atoms with E-state index < -0.39 is 0 Å². The highest BCUT2D eigenvalue weighted by molar-refractivity contribution is 5.80. The molecule has 0 bridgehead atoms. The van der Waals surface area contributed by atoms with Crippen molar-refractivity contribution >= 4 is 22.9 Å². The SMILES string of the molecule is COCCn1c(N2CCC(C(=O)NCc3ccco3)CC2)nc2ccccc21. The van der Waals surface area contributed by atoms with E-state index in [0.29, 0.717) is 13.2 Å². The molecule has 0 spiro atoms. The third-order valence-corrected chi connectivity index (χ3v) is 5.32. The van der Waals surface area contributed by atoms with Crippen LogP contribution in [0.1, 0.15) is 18.6 Å². The smallest absolute Gasteiger partial charge is 0.223 e. The van der Waals surface area contributed by atoms with E-state index >= 15 is 0 Å². The van der Waals surface area contributed by atoms with Crippen LogP contribution < -0.4 is 10.2 Å². The number of anilines is 1. The second-order valence-electron chi connectivity index (χ2n) is 7.10. The molecule has 7 heteroatoms. The molecule has 1 aromatic carbocycles. The average Bonchev–Trinajstić information content (AvgIpc) is 3.38. The van der Waals surface area contributed by atoms with Crippen LogP contribution in [0.2, 0.25) is 0 Å². The summed E-state index contributed by atoms with van der Waals surface area (Å²) in [6.45, 7) is 3.47. The molecule has 4 rings (SSSR count). The number of hydrogen-bond donors (Lipinski definition) is 1. The molecule has 1 N–H and O–H groups in total. The third kappa shape index (κ3) is 3.89. The number of ether oxygens (including phenoxy) is 1. The maximum absolute atomic E-state index is 12.5. The van der Waals surface area contributed by atoms with Gasteiger partial charge in [0, 0.05) is 32.7 Å². The maximum atomic E-state index is 12.5. The molecular formula is C21H26N4O3. The van der Waals surface area contributed by atoms with Crippen LogP contribution >= 0.6 is 0 Å². The zero-order valence-electron chi connectivity index (χ0n) is 16.1. The van der Waals surface area contributed by atoms with Gasteiger partial charge in [-0.25, -0.2) is 4.98 Å². The molecule has 0 aliphatic carbocycles. The summed E-state index contributed by atoms with van der Waals surface area (Å²) in [5.41, 5.74) is 2.11. The lowest BCUT2D eigenvalue weighted by atomic mass is 9.96. The summed E-state index contributed by atoms with van der Waals surface area (Å²) in [6.07, 6.45) is 3.25. The minimum atomic E-state index is 0.0306. The van der Waals surface area contributed by atoms with Crippen molar-refractivity contribution in [2.24, 2.45) is 5.92 Å². The van der Waals surface area contributed by atoms with Gasteiger partial charge in [0.25, 0.3) is 0 Å². The minimum Gasteiger partial charge on any atom is -0.467 e. The van der Waals surface area contributed by atoms with Gasteiger partial charge in [-0.05, 0) is 37.1 Å². The normalized spacial score (nSPS) is 15.2. The highest BCUT2D eigenvalue weighted by Gasteiger charge is 2.27. The number of methoxy groups -OCH3 is 1. The number of furan rings is 1. The number of imidazole rings is 1. The highest BCUT2D eigenvalue weighted by Crippen LogP contribution is 2.27. The Balaban J connectivity index is 1.41. The van der Waals surface area contributed by atoms with Gasteiger partial charge in [0.15, 0.2) is 0 Å². The van der Waals surface area contributed by atoms with Crippen LogP contribution in [0, 0.1) is 5.92 Å². The first kappa shape index (κ1) is 18.6. The molecule has 1 aliphatic heterocycles. The fourth-order valence-electron chi connectivity index (χ4n) is 3.78. The summed E-state index contributed by atoms with van der Waals surface area (Å²) in [5, 5.41) is 2.98. The largest absolute Gasteiger partial charge is 0.467 e. The van der Waals surface area contributed by atoms with E-state index in [-0.39, 0.29) is 11.8 Å². The number of carbonyl (C=O) groups excluding carboxylic acids is 1. The first-order valence-corrected chi connectivity index (χ1v) is 9.75. The molecule has 0 radical (unpaired) electrons. The first-order valence-electron chi connectivity index (χ1n) is 9.75. The third-order valence-electron chi connectivity index (χ3n) is 5.32. The lowest BCUT2D eigenvalue weighted by Gasteiger charge is -2.32.